The molecule has 2 saturated heterocycles. The van der Waals surface area contributed by atoms with Crippen molar-refractivity contribution in [3.05, 3.63) is 41.8 Å². The number of aryl methyl sites for hydroxylation is 1. The van der Waals surface area contributed by atoms with Gasteiger partial charge in [0.2, 0.25) is 5.89 Å². The second kappa shape index (κ2) is 8.73. The van der Waals surface area contributed by atoms with E-state index in [0.29, 0.717) is 5.92 Å². The fourth-order valence-electron chi connectivity index (χ4n) is 3.97. The fraction of sp³-hybridized carbons (Fsp3) is 0.650. The van der Waals surface area contributed by atoms with Crippen LogP contribution >= 0.6 is 0 Å². The molecule has 2 aliphatic heterocycles. The molecule has 6 nitrogen and oxygen atoms in total. The van der Waals surface area contributed by atoms with Gasteiger partial charge in [-0.1, -0.05) is 11.2 Å². The zero-order chi connectivity index (χ0) is 17.6. The highest BCUT2D eigenvalue weighted by molar-refractivity contribution is 5.03. The van der Waals surface area contributed by atoms with E-state index < -0.39 is 0 Å². The minimum absolute atomic E-state index is 0.389. The predicted molar refractivity (Wildman–Crippen MR) is 97.7 cm³/mol. The Hall–Kier alpha value is -1.79. The van der Waals surface area contributed by atoms with Gasteiger partial charge in [0.15, 0.2) is 5.82 Å². The number of hydrogen-bond acceptors (Lipinski definition) is 6. The van der Waals surface area contributed by atoms with Crippen LogP contribution in [0, 0.1) is 5.92 Å². The molecule has 2 aliphatic rings. The van der Waals surface area contributed by atoms with Crippen molar-refractivity contribution in [1.82, 2.24) is 20.0 Å². The van der Waals surface area contributed by atoms with Gasteiger partial charge in [-0.3, -0.25) is 9.88 Å². The zero-order valence-corrected chi connectivity index (χ0v) is 15.3. The van der Waals surface area contributed by atoms with Crippen LogP contribution in [0.15, 0.2) is 28.9 Å². The summed E-state index contributed by atoms with van der Waals surface area (Å²) in [4.78, 5) is 11.6. The van der Waals surface area contributed by atoms with Gasteiger partial charge in [0.05, 0.1) is 5.69 Å². The van der Waals surface area contributed by atoms with Crippen molar-refractivity contribution in [1.29, 1.82) is 0 Å². The van der Waals surface area contributed by atoms with Crippen molar-refractivity contribution in [2.24, 2.45) is 5.92 Å². The summed E-state index contributed by atoms with van der Waals surface area (Å²) < 4.78 is 10.9. The molecule has 0 saturated carbocycles. The zero-order valence-electron chi connectivity index (χ0n) is 15.3. The summed E-state index contributed by atoms with van der Waals surface area (Å²) in [5, 5.41) is 4.20. The summed E-state index contributed by atoms with van der Waals surface area (Å²) in [7, 11) is 0. The van der Waals surface area contributed by atoms with Crippen LogP contribution in [0.3, 0.4) is 0 Å². The lowest BCUT2D eigenvalue weighted by atomic mass is 9.92. The largest absolute Gasteiger partial charge is 0.381 e. The highest BCUT2D eigenvalue weighted by Gasteiger charge is 2.23. The van der Waals surface area contributed by atoms with E-state index in [9.17, 15) is 0 Å². The molecule has 0 aromatic carbocycles. The lowest BCUT2D eigenvalue weighted by molar-refractivity contribution is 0.0778. The summed E-state index contributed by atoms with van der Waals surface area (Å²) >= 11 is 0. The molecule has 2 aromatic rings. The summed E-state index contributed by atoms with van der Waals surface area (Å²) in [5.74, 6) is 2.84. The minimum atomic E-state index is 0.389. The normalized spacial score (nSPS) is 20.5. The maximum atomic E-state index is 5.50. The van der Waals surface area contributed by atoms with E-state index in [-0.39, 0.29) is 0 Å². The molecule has 0 unspecified atom stereocenters. The standard InChI is InChI=1S/C20H28N4O2/c1-2-10-21-18(3-1)15-24-11-6-16(7-12-24)4-5-19-22-20(26-23-19)17-8-13-25-14-9-17/h1-3,10,16-17H,4-9,11-15H2. The SMILES string of the molecule is c1ccc(CN2CCC(CCc3noc(C4CCOCC4)n3)CC2)nc1. The van der Waals surface area contributed by atoms with E-state index in [2.05, 4.69) is 32.2 Å². The molecule has 0 N–H and O–H groups in total. The lowest BCUT2D eigenvalue weighted by Gasteiger charge is -2.31. The Labute approximate surface area is 154 Å². The van der Waals surface area contributed by atoms with Crippen molar-refractivity contribution in [3.63, 3.8) is 0 Å². The third-order valence-electron chi connectivity index (χ3n) is 5.65. The molecule has 0 atom stereocenters. The van der Waals surface area contributed by atoms with Gasteiger partial charge in [0.25, 0.3) is 0 Å². The molecule has 2 aromatic heterocycles. The quantitative estimate of drug-likeness (QED) is 0.792. The molecular formula is C20H28N4O2. The number of rotatable bonds is 6. The first-order valence-electron chi connectivity index (χ1n) is 9.89. The molecule has 26 heavy (non-hydrogen) atoms. The first kappa shape index (κ1) is 17.6. The highest BCUT2D eigenvalue weighted by atomic mass is 16.5. The molecule has 140 valence electrons. The maximum Gasteiger partial charge on any atom is 0.229 e. The molecule has 0 radical (unpaired) electrons. The number of ether oxygens (including phenoxy) is 1. The molecule has 0 amide bonds. The van der Waals surface area contributed by atoms with Crippen molar-refractivity contribution in [2.75, 3.05) is 26.3 Å². The van der Waals surface area contributed by atoms with Crippen LogP contribution in [0.1, 0.15) is 55.4 Å². The Morgan fingerprint density at radius 3 is 2.69 bits per heavy atom. The van der Waals surface area contributed by atoms with E-state index in [1.54, 1.807) is 0 Å². The lowest BCUT2D eigenvalue weighted by Crippen LogP contribution is -2.33. The summed E-state index contributed by atoms with van der Waals surface area (Å²) in [6.45, 7) is 4.88. The van der Waals surface area contributed by atoms with Crippen molar-refractivity contribution in [3.8, 4) is 0 Å². The smallest absolute Gasteiger partial charge is 0.229 e. The van der Waals surface area contributed by atoms with E-state index in [1.807, 2.05) is 12.3 Å². The number of nitrogens with zero attached hydrogens (tertiary/aromatic N) is 4. The third kappa shape index (κ3) is 4.68. The summed E-state index contributed by atoms with van der Waals surface area (Å²) in [6, 6.07) is 6.15. The van der Waals surface area contributed by atoms with Crippen LogP contribution < -0.4 is 0 Å². The number of piperidine rings is 1. The Bertz CT molecular complexity index is 661. The monoisotopic (exact) mass is 356 g/mol. The first-order valence-corrected chi connectivity index (χ1v) is 9.89. The predicted octanol–water partition coefficient (Wildman–Crippen LogP) is 3.20. The number of hydrogen-bond donors (Lipinski definition) is 0. The average molecular weight is 356 g/mol. The van der Waals surface area contributed by atoms with Gasteiger partial charge in [0, 0.05) is 38.3 Å². The number of pyridine rings is 1. The first-order chi connectivity index (χ1) is 12.9. The van der Waals surface area contributed by atoms with Crippen molar-refractivity contribution < 1.29 is 9.26 Å². The van der Waals surface area contributed by atoms with Crippen LogP contribution in [0.5, 0.6) is 0 Å². The molecule has 4 heterocycles. The van der Waals surface area contributed by atoms with Crippen LogP contribution in [-0.4, -0.2) is 46.3 Å². The molecule has 0 bridgehead atoms. The van der Waals surface area contributed by atoms with Gasteiger partial charge in [0.1, 0.15) is 0 Å². The maximum absolute atomic E-state index is 5.50. The van der Waals surface area contributed by atoms with Crippen LogP contribution in [0.4, 0.5) is 0 Å². The van der Waals surface area contributed by atoms with Crippen LogP contribution in [0.2, 0.25) is 0 Å². The Morgan fingerprint density at radius 1 is 1.08 bits per heavy atom. The highest BCUT2D eigenvalue weighted by Crippen LogP contribution is 2.26. The van der Waals surface area contributed by atoms with Crippen molar-refractivity contribution in [2.45, 2.75) is 51.0 Å². The topological polar surface area (TPSA) is 64.3 Å². The Morgan fingerprint density at radius 2 is 1.92 bits per heavy atom. The fourth-order valence-corrected chi connectivity index (χ4v) is 3.97. The van der Waals surface area contributed by atoms with Gasteiger partial charge in [-0.2, -0.15) is 4.98 Å². The third-order valence-corrected chi connectivity index (χ3v) is 5.65. The van der Waals surface area contributed by atoms with E-state index in [0.717, 1.165) is 76.2 Å². The van der Waals surface area contributed by atoms with Crippen LogP contribution in [0.25, 0.3) is 0 Å². The van der Waals surface area contributed by atoms with Gasteiger partial charge in [-0.15, -0.1) is 0 Å². The van der Waals surface area contributed by atoms with E-state index in [4.69, 9.17) is 9.26 Å². The molecule has 4 rings (SSSR count). The second-order valence-corrected chi connectivity index (χ2v) is 7.51. The summed E-state index contributed by atoms with van der Waals surface area (Å²) in [6.07, 6.45) is 8.45. The van der Waals surface area contributed by atoms with Crippen LogP contribution in [-0.2, 0) is 17.7 Å². The molecular weight excluding hydrogens is 328 g/mol. The molecule has 0 spiro atoms. The van der Waals surface area contributed by atoms with Gasteiger partial charge >= 0.3 is 0 Å². The Kier molecular flexibility index (Phi) is 5.92. The van der Waals surface area contributed by atoms with Crippen molar-refractivity contribution >= 4 is 0 Å². The number of aromatic nitrogens is 3. The molecule has 0 aliphatic carbocycles. The van der Waals surface area contributed by atoms with Gasteiger partial charge in [-0.25, -0.2) is 0 Å². The Balaban J connectivity index is 1.20. The summed E-state index contributed by atoms with van der Waals surface area (Å²) in [5.41, 5.74) is 1.17. The molecule has 2 fully saturated rings. The average Bonchev–Trinajstić information content (AvgIpc) is 3.18. The van der Waals surface area contributed by atoms with E-state index >= 15 is 0 Å². The minimum Gasteiger partial charge on any atom is -0.381 e. The molecule has 6 heteroatoms. The van der Waals surface area contributed by atoms with Gasteiger partial charge in [-0.05, 0) is 63.2 Å². The number of likely N-dealkylation sites (tertiary alicyclic amines) is 1. The van der Waals surface area contributed by atoms with Gasteiger partial charge < -0.3 is 9.26 Å². The van der Waals surface area contributed by atoms with E-state index in [1.165, 1.54) is 18.5 Å². The second-order valence-electron chi connectivity index (χ2n) is 7.51.